The number of nitrogens with one attached hydrogen (secondary N) is 1. The maximum absolute atomic E-state index is 12.7. The fourth-order valence-electron chi connectivity index (χ4n) is 2.98. The van der Waals surface area contributed by atoms with E-state index in [4.69, 9.17) is 21.1 Å². The van der Waals surface area contributed by atoms with Crippen molar-refractivity contribution in [3.05, 3.63) is 53.1 Å². The van der Waals surface area contributed by atoms with Gasteiger partial charge in [0.25, 0.3) is 5.91 Å². The van der Waals surface area contributed by atoms with Gasteiger partial charge in [0, 0.05) is 11.6 Å². The van der Waals surface area contributed by atoms with E-state index in [1.165, 1.54) is 6.07 Å². The van der Waals surface area contributed by atoms with Gasteiger partial charge in [0.2, 0.25) is 10.0 Å². The zero-order chi connectivity index (χ0) is 21.2. The number of benzene rings is 2. The minimum absolute atomic E-state index is 0.0472. The second-order valence-electron chi connectivity index (χ2n) is 7.04. The number of hydrogen-bond donors (Lipinski definition) is 1. The predicted molar refractivity (Wildman–Crippen MR) is 112 cm³/mol. The first-order valence-electron chi connectivity index (χ1n) is 9.10. The number of fused-ring (bicyclic) bond motifs is 1. The first kappa shape index (κ1) is 21.3. The molecule has 2 aromatic rings. The molecule has 1 heterocycles. The van der Waals surface area contributed by atoms with E-state index < -0.39 is 22.0 Å². The Morgan fingerprint density at radius 2 is 2.07 bits per heavy atom. The first-order chi connectivity index (χ1) is 13.6. The summed E-state index contributed by atoms with van der Waals surface area (Å²) in [7, 11) is -3.61. The number of rotatable bonds is 6. The zero-order valence-electron chi connectivity index (χ0n) is 16.4. The molecule has 1 atom stereocenters. The Morgan fingerprint density at radius 1 is 1.31 bits per heavy atom. The van der Waals surface area contributed by atoms with Crippen molar-refractivity contribution in [2.45, 2.75) is 32.6 Å². The molecule has 0 fully saturated rings. The highest BCUT2D eigenvalue weighted by Gasteiger charge is 2.35. The monoisotopic (exact) mass is 438 g/mol. The molecular weight excluding hydrogens is 416 g/mol. The Balaban J connectivity index is 1.72. The maximum Gasteiger partial charge on any atom is 0.263 e. The summed E-state index contributed by atoms with van der Waals surface area (Å²) in [5.41, 5.74) is 1.18. The summed E-state index contributed by atoms with van der Waals surface area (Å²) in [6.45, 7) is 4.01. The molecule has 0 bridgehead atoms. The lowest BCUT2D eigenvalue weighted by atomic mass is 10.2. The van der Waals surface area contributed by atoms with Crippen LogP contribution in [0.25, 0.3) is 0 Å². The fourth-order valence-corrected chi connectivity index (χ4v) is 4.05. The Bertz CT molecular complexity index is 1010. The van der Waals surface area contributed by atoms with E-state index in [0.717, 1.165) is 21.9 Å². The second-order valence-corrected chi connectivity index (χ2v) is 9.39. The van der Waals surface area contributed by atoms with Crippen LogP contribution in [0.2, 0.25) is 5.02 Å². The number of nitrogens with zero attached hydrogens (tertiary/aromatic N) is 1. The number of carbonyl (C=O) groups is 1. The molecule has 1 amide bonds. The van der Waals surface area contributed by atoms with Crippen LogP contribution in [0.15, 0.2) is 42.5 Å². The third kappa shape index (κ3) is 5.33. The molecule has 1 aliphatic heterocycles. The standard InChI is InChI=1S/C20H23ClN2O5S/c1-13(2)27-16-6-4-5-14(9-16)11-22-20(24)19-12-23(29(3,25)26)17-10-15(21)7-8-18(17)28-19/h4-10,13,19H,11-12H2,1-3H3,(H,22,24). The van der Waals surface area contributed by atoms with Crippen LogP contribution in [-0.2, 0) is 21.4 Å². The highest BCUT2D eigenvalue weighted by atomic mass is 35.5. The largest absolute Gasteiger partial charge is 0.491 e. The van der Waals surface area contributed by atoms with Crippen LogP contribution < -0.4 is 19.1 Å². The van der Waals surface area contributed by atoms with Crippen molar-refractivity contribution in [3.63, 3.8) is 0 Å². The van der Waals surface area contributed by atoms with E-state index in [1.54, 1.807) is 12.1 Å². The van der Waals surface area contributed by atoms with Crippen molar-refractivity contribution in [3.8, 4) is 11.5 Å². The summed E-state index contributed by atoms with van der Waals surface area (Å²) in [6, 6.07) is 12.1. The highest BCUT2D eigenvalue weighted by Crippen LogP contribution is 2.37. The molecule has 29 heavy (non-hydrogen) atoms. The molecule has 1 unspecified atom stereocenters. The number of amides is 1. The van der Waals surface area contributed by atoms with Gasteiger partial charge in [-0.15, -0.1) is 0 Å². The SMILES string of the molecule is CC(C)Oc1cccc(CNC(=O)C2CN(S(C)(=O)=O)c3cc(Cl)ccc3O2)c1. The van der Waals surface area contributed by atoms with Gasteiger partial charge in [-0.05, 0) is 49.7 Å². The highest BCUT2D eigenvalue weighted by molar-refractivity contribution is 7.92. The van der Waals surface area contributed by atoms with Crippen molar-refractivity contribution in [1.82, 2.24) is 5.32 Å². The number of ether oxygens (including phenoxy) is 2. The minimum Gasteiger partial charge on any atom is -0.491 e. The number of halogens is 1. The molecular formula is C20H23ClN2O5S. The van der Waals surface area contributed by atoms with Crippen LogP contribution in [0.3, 0.4) is 0 Å². The molecule has 0 saturated carbocycles. The normalized spacial score (nSPS) is 16.2. The summed E-state index contributed by atoms with van der Waals surface area (Å²) in [5, 5.41) is 3.18. The van der Waals surface area contributed by atoms with Crippen molar-refractivity contribution >= 4 is 33.2 Å². The molecule has 7 nitrogen and oxygen atoms in total. The number of sulfonamides is 1. The van der Waals surface area contributed by atoms with Crippen molar-refractivity contribution in [2.24, 2.45) is 0 Å². The van der Waals surface area contributed by atoms with Crippen LogP contribution in [0.5, 0.6) is 11.5 Å². The molecule has 3 rings (SSSR count). The van der Waals surface area contributed by atoms with Crippen LogP contribution in [0, 0.1) is 0 Å². The van der Waals surface area contributed by atoms with Gasteiger partial charge in [0.1, 0.15) is 11.5 Å². The first-order valence-corrected chi connectivity index (χ1v) is 11.3. The van der Waals surface area contributed by atoms with Gasteiger partial charge >= 0.3 is 0 Å². The van der Waals surface area contributed by atoms with E-state index in [2.05, 4.69) is 5.32 Å². The predicted octanol–water partition coefficient (Wildman–Crippen LogP) is 2.97. The van der Waals surface area contributed by atoms with Gasteiger partial charge in [-0.3, -0.25) is 9.10 Å². The molecule has 0 aliphatic carbocycles. The molecule has 0 radical (unpaired) electrons. The lowest BCUT2D eigenvalue weighted by Crippen LogP contribution is -2.50. The van der Waals surface area contributed by atoms with Gasteiger partial charge in [-0.25, -0.2) is 8.42 Å². The van der Waals surface area contributed by atoms with E-state index in [0.29, 0.717) is 16.5 Å². The van der Waals surface area contributed by atoms with Crippen LogP contribution in [0.1, 0.15) is 19.4 Å². The van der Waals surface area contributed by atoms with Gasteiger partial charge in [0.05, 0.1) is 24.6 Å². The molecule has 0 aromatic heterocycles. The quantitative estimate of drug-likeness (QED) is 0.749. The van der Waals surface area contributed by atoms with Gasteiger partial charge < -0.3 is 14.8 Å². The average molecular weight is 439 g/mol. The van der Waals surface area contributed by atoms with Crippen LogP contribution in [-0.4, -0.2) is 39.3 Å². The molecule has 0 saturated heterocycles. The third-order valence-corrected chi connectivity index (χ3v) is 5.60. The number of hydrogen-bond acceptors (Lipinski definition) is 5. The summed E-state index contributed by atoms with van der Waals surface area (Å²) >= 11 is 5.99. The smallest absolute Gasteiger partial charge is 0.263 e. The van der Waals surface area contributed by atoms with E-state index in [9.17, 15) is 13.2 Å². The van der Waals surface area contributed by atoms with Crippen LogP contribution in [0.4, 0.5) is 5.69 Å². The van der Waals surface area contributed by atoms with Gasteiger partial charge in [0.15, 0.2) is 6.10 Å². The van der Waals surface area contributed by atoms with Gasteiger partial charge in [-0.2, -0.15) is 0 Å². The summed E-state index contributed by atoms with van der Waals surface area (Å²) in [6.07, 6.45) is 0.151. The second kappa shape index (κ2) is 8.51. The Hall–Kier alpha value is -2.45. The molecule has 2 aromatic carbocycles. The van der Waals surface area contributed by atoms with Crippen molar-refractivity contribution in [1.29, 1.82) is 0 Å². The topological polar surface area (TPSA) is 84.9 Å². The van der Waals surface area contributed by atoms with E-state index in [1.807, 2.05) is 38.1 Å². The Labute approximate surface area is 175 Å². The summed E-state index contributed by atoms with van der Waals surface area (Å²) < 4.78 is 37.0. The Kier molecular flexibility index (Phi) is 6.24. The third-order valence-electron chi connectivity index (χ3n) is 4.22. The Morgan fingerprint density at radius 3 is 2.76 bits per heavy atom. The lowest BCUT2D eigenvalue weighted by Gasteiger charge is -2.34. The van der Waals surface area contributed by atoms with E-state index in [-0.39, 0.29) is 19.2 Å². The zero-order valence-corrected chi connectivity index (χ0v) is 18.0. The minimum atomic E-state index is -3.61. The lowest BCUT2D eigenvalue weighted by molar-refractivity contribution is -0.127. The summed E-state index contributed by atoms with van der Waals surface area (Å²) in [4.78, 5) is 12.7. The molecule has 0 spiro atoms. The van der Waals surface area contributed by atoms with Crippen molar-refractivity contribution in [2.75, 3.05) is 17.1 Å². The molecule has 1 aliphatic rings. The van der Waals surface area contributed by atoms with E-state index >= 15 is 0 Å². The van der Waals surface area contributed by atoms with Crippen LogP contribution >= 0.6 is 11.6 Å². The average Bonchev–Trinajstić information content (AvgIpc) is 2.64. The molecule has 1 N–H and O–H groups in total. The number of carbonyl (C=O) groups excluding carboxylic acids is 1. The fraction of sp³-hybridized carbons (Fsp3) is 0.350. The molecule has 156 valence electrons. The molecule has 9 heteroatoms. The summed E-state index contributed by atoms with van der Waals surface area (Å²) in [5.74, 6) is 0.600. The maximum atomic E-state index is 12.7. The number of anilines is 1. The van der Waals surface area contributed by atoms with Gasteiger partial charge in [-0.1, -0.05) is 23.7 Å². The van der Waals surface area contributed by atoms with Crippen molar-refractivity contribution < 1.29 is 22.7 Å².